The highest BCUT2D eigenvalue weighted by atomic mass is 16.2. The molecule has 5 nitrogen and oxygen atoms in total. The van der Waals surface area contributed by atoms with E-state index in [1.165, 1.54) is 0 Å². The first-order valence-electron chi connectivity index (χ1n) is 8.37. The van der Waals surface area contributed by atoms with E-state index in [-0.39, 0.29) is 11.6 Å². The average Bonchev–Trinajstić information content (AvgIpc) is 2.65. The predicted octanol–water partition coefficient (Wildman–Crippen LogP) is 4.41. The van der Waals surface area contributed by atoms with Crippen molar-refractivity contribution in [2.75, 3.05) is 11.4 Å². The molecule has 0 atom stereocenters. The van der Waals surface area contributed by atoms with Gasteiger partial charge in [-0.15, -0.1) is 0 Å². The zero-order valence-corrected chi connectivity index (χ0v) is 14.0. The number of nitrogens with zero attached hydrogens (tertiary/aromatic N) is 3. The molecule has 4 rings (SSSR count). The molecule has 0 radical (unpaired) electrons. The Labute approximate surface area is 146 Å². The van der Waals surface area contributed by atoms with Gasteiger partial charge in [0.05, 0.1) is 28.4 Å². The van der Waals surface area contributed by atoms with Gasteiger partial charge in [0, 0.05) is 12.1 Å². The van der Waals surface area contributed by atoms with Gasteiger partial charge in [0.15, 0.2) is 0 Å². The number of azo groups is 1. The molecule has 2 aliphatic heterocycles. The Balaban J connectivity index is 1.79. The molecule has 0 saturated heterocycles. The number of carbonyl (C=O) groups excluding carboxylic acids is 1. The maximum atomic E-state index is 13.0. The highest BCUT2D eigenvalue weighted by molar-refractivity contribution is 6.36. The van der Waals surface area contributed by atoms with Crippen molar-refractivity contribution in [1.82, 2.24) is 0 Å². The second-order valence-corrected chi connectivity index (χ2v) is 6.24. The lowest BCUT2D eigenvalue weighted by Crippen LogP contribution is -2.43. The quantitative estimate of drug-likeness (QED) is 0.643. The molecule has 2 aromatic rings. The van der Waals surface area contributed by atoms with Gasteiger partial charge in [-0.25, -0.2) is 0 Å². The van der Waals surface area contributed by atoms with Crippen LogP contribution in [0.4, 0.5) is 11.4 Å². The van der Waals surface area contributed by atoms with Gasteiger partial charge in [0.2, 0.25) is 0 Å². The Hall–Kier alpha value is -3.08. The summed E-state index contributed by atoms with van der Waals surface area (Å²) in [6.07, 6.45) is 1.89. The van der Waals surface area contributed by atoms with Gasteiger partial charge in [-0.05, 0) is 37.5 Å². The van der Waals surface area contributed by atoms with Crippen molar-refractivity contribution < 1.29 is 4.79 Å². The lowest BCUT2D eigenvalue weighted by atomic mass is 9.87. The minimum atomic E-state index is -0.144. The number of carbonyl (C=O) groups is 1. The minimum Gasteiger partial charge on any atom is -0.307 e. The molecule has 1 N–H and O–H groups in total. The largest absolute Gasteiger partial charge is 0.307 e. The number of amides is 1. The third-order valence-electron chi connectivity index (χ3n) is 4.63. The number of rotatable bonds is 2. The van der Waals surface area contributed by atoms with Crippen molar-refractivity contribution in [2.45, 2.75) is 19.8 Å². The van der Waals surface area contributed by atoms with Crippen molar-refractivity contribution in [3.63, 3.8) is 0 Å². The van der Waals surface area contributed by atoms with Crippen LogP contribution in [0, 0.1) is 5.41 Å². The zero-order chi connectivity index (χ0) is 17.4. The fourth-order valence-corrected chi connectivity index (χ4v) is 3.45. The number of aryl methyl sites for hydroxylation is 1. The molecule has 2 aliphatic rings. The molecule has 0 bridgehead atoms. The SMILES string of the molecule is C/C(N=Nc1ccccc1)=C1/C(=N)c2cccc3c2N(CCC3)C1=O. The van der Waals surface area contributed by atoms with Gasteiger partial charge >= 0.3 is 0 Å². The fourth-order valence-electron chi connectivity index (χ4n) is 3.45. The minimum absolute atomic E-state index is 0.144. The Kier molecular flexibility index (Phi) is 3.76. The van der Waals surface area contributed by atoms with Gasteiger partial charge in [-0.2, -0.15) is 10.2 Å². The Morgan fingerprint density at radius 3 is 2.72 bits per heavy atom. The van der Waals surface area contributed by atoms with E-state index in [1.54, 1.807) is 11.8 Å². The van der Waals surface area contributed by atoms with Gasteiger partial charge in [0.25, 0.3) is 5.91 Å². The van der Waals surface area contributed by atoms with Crippen LogP contribution in [0.2, 0.25) is 0 Å². The van der Waals surface area contributed by atoms with E-state index in [0.29, 0.717) is 17.8 Å². The normalized spacial score (nSPS) is 18.5. The second-order valence-electron chi connectivity index (χ2n) is 6.24. The molecule has 0 saturated carbocycles. The van der Waals surface area contributed by atoms with Gasteiger partial charge in [0.1, 0.15) is 0 Å². The van der Waals surface area contributed by atoms with Crippen molar-refractivity contribution in [3.8, 4) is 0 Å². The summed E-state index contributed by atoms with van der Waals surface area (Å²) in [7, 11) is 0. The number of para-hydroxylation sites is 1. The predicted molar refractivity (Wildman–Crippen MR) is 97.6 cm³/mol. The van der Waals surface area contributed by atoms with Crippen LogP contribution in [-0.4, -0.2) is 18.2 Å². The van der Waals surface area contributed by atoms with E-state index >= 15 is 0 Å². The van der Waals surface area contributed by atoms with Crippen LogP contribution in [0.1, 0.15) is 24.5 Å². The third-order valence-corrected chi connectivity index (χ3v) is 4.63. The maximum absolute atomic E-state index is 13.0. The Bertz CT molecular complexity index is 928. The molecule has 2 aromatic carbocycles. The Morgan fingerprint density at radius 2 is 1.92 bits per heavy atom. The lowest BCUT2D eigenvalue weighted by Gasteiger charge is -2.36. The van der Waals surface area contributed by atoms with E-state index in [0.717, 1.165) is 35.3 Å². The monoisotopic (exact) mass is 330 g/mol. The summed E-state index contributed by atoms with van der Waals surface area (Å²) in [5, 5.41) is 17.0. The van der Waals surface area contributed by atoms with Crippen LogP contribution in [0.15, 0.2) is 70.0 Å². The van der Waals surface area contributed by atoms with Crippen LogP contribution in [0.25, 0.3) is 0 Å². The Morgan fingerprint density at radius 1 is 1.12 bits per heavy atom. The van der Waals surface area contributed by atoms with Crippen molar-refractivity contribution in [1.29, 1.82) is 5.41 Å². The summed E-state index contributed by atoms with van der Waals surface area (Å²) in [5.41, 5.74) is 4.62. The number of nitrogens with one attached hydrogen (secondary N) is 1. The molecular weight excluding hydrogens is 312 g/mol. The van der Waals surface area contributed by atoms with Crippen LogP contribution < -0.4 is 4.90 Å². The number of hydrogen-bond donors (Lipinski definition) is 1. The fraction of sp³-hybridized carbons (Fsp3) is 0.200. The highest BCUT2D eigenvalue weighted by Crippen LogP contribution is 2.38. The van der Waals surface area contributed by atoms with Gasteiger partial charge in [-0.3, -0.25) is 10.2 Å². The zero-order valence-electron chi connectivity index (χ0n) is 14.0. The number of benzene rings is 2. The second kappa shape index (κ2) is 6.09. The molecule has 0 fully saturated rings. The first-order chi connectivity index (χ1) is 12.2. The molecular formula is C20H18N4O. The van der Waals surface area contributed by atoms with Gasteiger partial charge < -0.3 is 4.90 Å². The van der Waals surface area contributed by atoms with Crippen molar-refractivity contribution >= 4 is 23.0 Å². The topological polar surface area (TPSA) is 68.9 Å². The summed E-state index contributed by atoms with van der Waals surface area (Å²) in [5.74, 6) is -0.144. The summed E-state index contributed by atoms with van der Waals surface area (Å²) in [6, 6.07) is 15.3. The standard InChI is InChI=1S/C20H18N4O/c1-13(22-23-15-9-3-2-4-10-15)17-18(21)16-11-5-7-14-8-6-12-24(19(14)16)20(17)25/h2-5,7,9-11,21H,6,8,12H2,1H3/b17-13+,21-18?,23-22?. The van der Waals surface area contributed by atoms with Gasteiger partial charge in [-0.1, -0.05) is 36.4 Å². The molecule has 0 unspecified atom stereocenters. The summed E-state index contributed by atoms with van der Waals surface area (Å²) in [6.45, 7) is 2.43. The van der Waals surface area contributed by atoms with E-state index in [9.17, 15) is 4.79 Å². The first kappa shape index (κ1) is 15.4. The van der Waals surface area contributed by atoms with E-state index in [1.807, 2.05) is 48.5 Å². The van der Waals surface area contributed by atoms with Crippen LogP contribution in [-0.2, 0) is 11.2 Å². The van der Waals surface area contributed by atoms with Crippen molar-refractivity contribution in [3.05, 3.63) is 70.9 Å². The summed E-state index contributed by atoms with van der Waals surface area (Å²) in [4.78, 5) is 14.8. The molecule has 5 heteroatoms. The van der Waals surface area contributed by atoms with Crippen LogP contribution in [0.5, 0.6) is 0 Å². The first-order valence-corrected chi connectivity index (χ1v) is 8.37. The smallest absolute Gasteiger partial charge is 0.262 e. The van der Waals surface area contributed by atoms with Crippen LogP contribution >= 0.6 is 0 Å². The number of allylic oxidation sites excluding steroid dienone is 1. The maximum Gasteiger partial charge on any atom is 0.262 e. The summed E-state index contributed by atoms with van der Waals surface area (Å²) >= 11 is 0. The average molecular weight is 330 g/mol. The molecule has 124 valence electrons. The highest BCUT2D eigenvalue weighted by Gasteiger charge is 2.36. The van der Waals surface area contributed by atoms with E-state index < -0.39 is 0 Å². The lowest BCUT2D eigenvalue weighted by molar-refractivity contribution is -0.114. The molecule has 25 heavy (non-hydrogen) atoms. The molecule has 0 aromatic heterocycles. The summed E-state index contributed by atoms with van der Waals surface area (Å²) < 4.78 is 0. The number of hydrogen-bond acceptors (Lipinski definition) is 4. The third kappa shape index (κ3) is 2.58. The van der Waals surface area contributed by atoms with E-state index in [4.69, 9.17) is 5.41 Å². The molecule has 0 aliphatic carbocycles. The van der Waals surface area contributed by atoms with Crippen molar-refractivity contribution in [2.24, 2.45) is 10.2 Å². The van der Waals surface area contributed by atoms with Crippen LogP contribution in [0.3, 0.4) is 0 Å². The molecule has 2 heterocycles. The number of anilines is 1. The van der Waals surface area contributed by atoms with E-state index in [2.05, 4.69) is 10.2 Å². The molecule has 1 amide bonds. The molecule has 0 spiro atoms.